The predicted molar refractivity (Wildman–Crippen MR) is 75.2 cm³/mol. The zero-order valence-electron chi connectivity index (χ0n) is 11.7. The number of carbonyl (C=O) groups excluding carboxylic acids is 1. The van der Waals surface area contributed by atoms with Crippen LogP contribution in [0.4, 0.5) is 5.69 Å². The SMILES string of the molecule is CCC(CCC(=O)Nc1ccc(C)cc1C)C(=O)O. The van der Waals surface area contributed by atoms with E-state index in [1.807, 2.05) is 39.0 Å². The number of nitrogens with one attached hydrogen (secondary N) is 1. The van der Waals surface area contributed by atoms with Crippen LogP contribution in [0.5, 0.6) is 0 Å². The normalized spacial score (nSPS) is 11.9. The fourth-order valence-corrected chi connectivity index (χ4v) is 1.97. The van der Waals surface area contributed by atoms with Gasteiger partial charge >= 0.3 is 5.97 Å². The van der Waals surface area contributed by atoms with E-state index in [4.69, 9.17) is 5.11 Å². The lowest BCUT2D eigenvalue weighted by Crippen LogP contribution is -2.18. The molecule has 1 amide bonds. The van der Waals surface area contributed by atoms with Gasteiger partial charge in [-0.2, -0.15) is 0 Å². The highest BCUT2D eigenvalue weighted by molar-refractivity contribution is 5.91. The molecular weight excluding hydrogens is 242 g/mol. The summed E-state index contributed by atoms with van der Waals surface area (Å²) in [6.07, 6.45) is 1.16. The summed E-state index contributed by atoms with van der Waals surface area (Å²) in [4.78, 5) is 22.6. The minimum Gasteiger partial charge on any atom is -0.481 e. The standard InChI is InChI=1S/C15H21NO3/c1-4-12(15(18)19)6-8-14(17)16-13-7-5-10(2)9-11(13)3/h5,7,9,12H,4,6,8H2,1-3H3,(H,16,17)(H,18,19). The number of anilines is 1. The zero-order chi connectivity index (χ0) is 14.4. The van der Waals surface area contributed by atoms with Crippen LogP contribution < -0.4 is 5.32 Å². The zero-order valence-corrected chi connectivity index (χ0v) is 11.7. The molecule has 0 aliphatic heterocycles. The van der Waals surface area contributed by atoms with Crippen LogP contribution in [0, 0.1) is 19.8 Å². The fourth-order valence-electron chi connectivity index (χ4n) is 1.97. The summed E-state index contributed by atoms with van der Waals surface area (Å²) in [6.45, 7) is 5.76. The molecule has 0 heterocycles. The molecule has 1 aromatic carbocycles. The van der Waals surface area contributed by atoms with Crippen molar-refractivity contribution in [3.63, 3.8) is 0 Å². The molecule has 0 saturated carbocycles. The molecule has 104 valence electrons. The molecule has 0 spiro atoms. The summed E-state index contributed by atoms with van der Waals surface area (Å²) in [7, 11) is 0. The Balaban J connectivity index is 2.53. The van der Waals surface area contributed by atoms with Gasteiger partial charge in [0, 0.05) is 12.1 Å². The molecular formula is C15H21NO3. The molecule has 2 N–H and O–H groups in total. The number of rotatable bonds is 6. The van der Waals surface area contributed by atoms with E-state index < -0.39 is 11.9 Å². The Morgan fingerprint density at radius 3 is 2.53 bits per heavy atom. The molecule has 0 aliphatic carbocycles. The molecule has 1 aromatic rings. The summed E-state index contributed by atoms with van der Waals surface area (Å²) >= 11 is 0. The van der Waals surface area contributed by atoms with Crippen molar-refractivity contribution in [2.45, 2.75) is 40.0 Å². The minimum atomic E-state index is -0.832. The molecule has 4 nitrogen and oxygen atoms in total. The highest BCUT2D eigenvalue weighted by atomic mass is 16.4. The van der Waals surface area contributed by atoms with Gasteiger partial charge in [0.15, 0.2) is 0 Å². The van der Waals surface area contributed by atoms with E-state index in [9.17, 15) is 9.59 Å². The van der Waals surface area contributed by atoms with Crippen molar-refractivity contribution >= 4 is 17.6 Å². The van der Waals surface area contributed by atoms with E-state index >= 15 is 0 Å². The second-order valence-electron chi connectivity index (χ2n) is 4.85. The first-order valence-electron chi connectivity index (χ1n) is 6.54. The van der Waals surface area contributed by atoms with Crippen molar-refractivity contribution in [1.29, 1.82) is 0 Å². The quantitative estimate of drug-likeness (QED) is 0.828. The van der Waals surface area contributed by atoms with Crippen molar-refractivity contribution in [2.75, 3.05) is 5.32 Å². The van der Waals surface area contributed by atoms with Crippen LogP contribution >= 0.6 is 0 Å². The van der Waals surface area contributed by atoms with Crippen LogP contribution in [-0.2, 0) is 9.59 Å². The molecule has 0 fully saturated rings. The van der Waals surface area contributed by atoms with Crippen LogP contribution in [0.25, 0.3) is 0 Å². The second kappa shape index (κ2) is 6.92. The van der Waals surface area contributed by atoms with Gasteiger partial charge in [-0.25, -0.2) is 0 Å². The van der Waals surface area contributed by atoms with Crippen molar-refractivity contribution in [3.05, 3.63) is 29.3 Å². The third-order valence-corrected chi connectivity index (χ3v) is 3.22. The van der Waals surface area contributed by atoms with Crippen molar-refractivity contribution in [3.8, 4) is 0 Å². The van der Waals surface area contributed by atoms with Crippen LogP contribution in [-0.4, -0.2) is 17.0 Å². The van der Waals surface area contributed by atoms with E-state index in [-0.39, 0.29) is 12.3 Å². The van der Waals surface area contributed by atoms with Gasteiger partial charge in [-0.15, -0.1) is 0 Å². The Kier molecular flexibility index (Phi) is 5.55. The molecule has 1 unspecified atom stereocenters. The number of aryl methyl sites for hydroxylation is 2. The lowest BCUT2D eigenvalue weighted by Gasteiger charge is -2.11. The van der Waals surface area contributed by atoms with Gasteiger partial charge in [0.05, 0.1) is 5.92 Å². The Labute approximate surface area is 113 Å². The molecule has 0 radical (unpaired) electrons. The molecule has 0 aliphatic rings. The lowest BCUT2D eigenvalue weighted by molar-refractivity contribution is -0.142. The largest absolute Gasteiger partial charge is 0.481 e. The van der Waals surface area contributed by atoms with Crippen LogP contribution in [0.1, 0.15) is 37.3 Å². The molecule has 1 atom stereocenters. The fraction of sp³-hybridized carbons (Fsp3) is 0.467. The Bertz CT molecular complexity index is 468. The third-order valence-electron chi connectivity index (χ3n) is 3.22. The molecule has 1 rings (SSSR count). The van der Waals surface area contributed by atoms with E-state index in [1.165, 1.54) is 0 Å². The number of aliphatic carboxylic acids is 1. The molecule has 4 heteroatoms. The van der Waals surface area contributed by atoms with Crippen molar-refractivity contribution in [1.82, 2.24) is 0 Å². The van der Waals surface area contributed by atoms with Crippen molar-refractivity contribution < 1.29 is 14.7 Å². The Morgan fingerprint density at radius 1 is 1.32 bits per heavy atom. The lowest BCUT2D eigenvalue weighted by atomic mass is 10.0. The number of hydrogen-bond donors (Lipinski definition) is 2. The van der Waals surface area contributed by atoms with E-state index in [0.717, 1.165) is 16.8 Å². The van der Waals surface area contributed by atoms with E-state index in [1.54, 1.807) is 0 Å². The van der Waals surface area contributed by atoms with Gasteiger partial charge in [0.1, 0.15) is 0 Å². The molecule has 0 aromatic heterocycles. The smallest absolute Gasteiger partial charge is 0.306 e. The number of benzene rings is 1. The summed E-state index contributed by atoms with van der Waals surface area (Å²) in [5, 5.41) is 11.7. The number of carboxylic acids is 1. The number of amides is 1. The van der Waals surface area contributed by atoms with Gasteiger partial charge in [-0.05, 0) is 38.3 Å². The maximum absolute atomic E-state index is 11.8. The first kappa shape index (κ1) is 15.2. The van der Waals surface area contributed by atoms with E-state index in [2.05, 4.69) is 5.32 Å². The topological polar surface area (TPSA) is 66.4 Å². The maximum Gasteiger partial charge on any atom is 0.306 e. The molecule has 0 saturated heterocycles. The number of carboxylic acid groups (broad SMARTS) is 1. The summed E-state index contributed by atoms with van der Waals surface area (Å²) in [5.74, 6) is -1.40. The minimum absolute atomic E-state index is 0.133. The highest BCUT2D eigenvalue weighted by Gasteiger charge is 2.16. The van der Waals surface area contributed by atoms with Crippen LogP contribution in [0.2, 0.25) is 0 Å². The predicted octanol–water partition coefficient (Wildman–Crippen LogP) is 3.13. The first-order chi connectivity index (χ1) is 8.93. The van der Waals surface area contributed by atoms with Gasteiger partial charge < -0.3 is 10.4 Å². The maximum atomic E-state index is 11.8. The Hall–Kier alpha value is -1.84. The van der Waals surface area contributed by atoms with Crippen LogP contribution in [0.15, 0.2) is 18.2 Å². The Morgan fingerprint density at radius 2 is 2.00 bits per heavy atom. The first-order valence-corrected chi connectivity index (χ1v) is 6.54. The monoisotopic (exact) mass is 263 g/mol. The van der Waals surface area contributed by atoms with E-state index in [0.29, 0.717) is 12.8 Å². The summed E-state index contributed by atoms with van der Waals surface area (Å²) in [5.41, 5.74) is 2.95. The van der Waals surface area contributed by atoms with Gasteiger partial charge in [0.25, 0.3) is 0 Å². The number of carbonyl (C=O) groups is 2. The van der Waals surface area contributed by atoms with Crippen molar-refractivity contribution in [2.24, 2.45) is 5.92 Å². The van der Waals surface area contributed by atoms with Crippen LogP contribution in [0.3, 0.4) is 0 Å². The number of hydrogen-bond acceptors (Lipinski definition) is 2. The molecule has 19 heavy (non-hydrogen) atoms. The summed E-state index contributed by atoms with van der Waals surface area (Å²) < 4.78 is 0. The summed E-state index contributed by atoms with van der Waals surface area (Å²) in [6, 6.07) is 5.81. The van der Waals surface area contributed by atoms with Gasteiger partial charge in [0.2, 0.25) is 5.91 Å². The highest BCUT2D eigenvalue weighted by Crippen LogP contribution is 2.17. The average Bonchev–Trinajstić information content (AvgIpc) is 2.33. The average molecular weight is 263 g/mol. The third kappa shape index (κ3) is 4.73. The second-order valence-corrected chi connectivity index (χ2v) is 4.85. The van der Waals surface area contributed by atoms with Gasteiger partial charge in [-0.1, -0.05) is 24.6 Å². The molecule has 0 bridgehead atoms. The van der Waals surface area contributed by atoms with Gasteiger partial charge in [-0.3, -0.25) is 9.59 Å².